The van der Waals surface area contributed by atoms with E-state index in [2.05, 4.69) is 24.0 Å². The summed E-state index contributed by atoms with van der Waals surface area (Å²) in [5, 5.41) is -0.0890. The van der Waals surface area contributed by atoms with E-state index in [1.807, 2.05) is 6.92 Å². The van der Waals surface area contributed by atoms with Crippen LogP contribution >= 0.6 is 24.7 Å². The Balaban J connectivity index is 3.08. The van der Waals surface area contributed by atoms with E-state index in [1.165, 1.54) is 103 Å². The number of rotatable bonds is 19. The Morgan fingerprint density at radius 3 is 1.48 bits per heavy atom. The van der Waals surface area contributed by atoms with E-state index in [4.69, 9.17) is 0 Å². The Morgan fingerprint density at radius 2 is 1.12 bits per heavy atom. The van der Waals surface area contributed by atoms with E-state index in [0.29, 0.717) is 0 Å². The van der Waals surface area contributed by atoms with Crippen molar-refractivity contribution < 1.29 is 8.98 Å². The molecule has 25 heavy (non-hydrogen) atoms. The highest BCUT2D eigenvalue weighted by Crippen LogP contribution is 2.17. The van der Waals surface area contributed by atoms with Crippen LogP contribution in [0.25, 0.3) is 0 Å². The van der Waals surface area contributed by atoms with Gasteiger partial charge in [0, 0.05) is 12.9 Å². The number of carbonyl (C=O) groups excluding carboxylic acids is 1. The molecule has 0 heterocycles. The van der Waals surface area contributed by atoms with Crippen molar-refractivity contribution in [3.05, 3.63) is 0 Å². The Hall–Kier alpha value is 0.170. The number of carbonyl (C=O) groups is 1. The molecule has 0 rings (SSSR count). The smallest absolute Gasteiger partial charge is 0.330 e. The van der Waals surface area contributed by atoms with E-state index < -0.39 is 0 Å². The van der Waals surface area contributed by atoms with Gasteiger partial charge in [0.25, 0.3) is 0 Å². The lowest BCUT2D eigenvalue weighted by atomic mass is 10.0. The molecule has 0 aliphatic rings. The number of thiol groups is 1. The lowest BCUT2D eigenvalue weighted by Crippen LogP contribution is -2.13. The van der Waals surface area contributed by atoms with Crippen molar-refractivity contribution in [1.82, 2.24) is 0 Å². The second-order valence-corrected chi connectivity index (χ2v) is 8.86. The summed E-state index contributed by atoms with van der Waals surface area (Å²) in [6.45, 7) is 4.17. The summed E-state index contributed by atoms with van der Waals surface area (Å²) in [5.74, 6) is 0.812. The highest BCUT2D eigenvalue weighted by molar-refractivity contribution is 8.00. The summed E-state index contributed by atoms with van der Waals surface area (Å²) in [5.41, 5.74) is 0. The monoisotopic (exact) mass is 390 g/mol. The summed E-state index contributed by atoms with van der Waals surface area (Å²) in [6, 6.07) is 0. The van der Waals surface area contributed by atoms with E-state index >= 15 is 0 Å². The SMILES string of the molecule is CCCCCCCCCCCCCCCCCCSC(C)C(=O)OS. The van der Waals surface area contributed by atoms with Crippen molar-refractivity contribution in [2.75, 3.05) is 5.75 Å². The number of hydrogen-bond acceptors (Lipinski definition) is 4. The predicted octanol–water partition coefficient (Wildman–Crippen LogP) is 7.76. The summed E-state index contributed by atoms with van der Waals surface area (Å²) in [7, 11) is 0. The Labute approximate surface area is 167 Å². The maximum Gasteiger partial charge on any atom is 0.330 e. The van der Waals surface area contributed by atoms with E-state index in [9.17, 15) is 4.79 Å². The van der Waals surface area contributed by atoms with Gasteiger partial charge in [-0.3, -0.25) is 0 Å². The molecule has 1 unspecified atom stereocenters. The number of unbranched alkanes of at least 4 members (excludes halogenated alkanes) is 15. The number of hydrogen-bond donors (Lipinski definition) is 1. The molecular formula is C21H42O2S2. The highest BCUT2D eigenvalue weighted by Gasteiger charge is 2.12. The molecule has 0 saturated carbocycles. The molecule has 2 nitrogen and oxygen atoms in total. The van der Waals surface area contributed by atoms with Gasteiger partial charge in [-0.05, 0) is 19.1 Å². The van der Waals surface area contributed by atoms with Gasteiger partial charge < -0.3 is 4.18 Å². The zero-order valence-corrected chi connectivity index (χ0v) is 18.5. The topological polar surface area (TPSA) is 26.3 Å². The first-order valence-corrected chi connectivity index (χ1v) is 12.1. The lowest BCUT2D eigenvalue weighted by molar-refractivity contribution is -0.131. The summed E-state index contributed by atoms with van der Waals surface area (Å²) < 4.78 is 4.43. The summed E-state index contributed by atoms with van der Waals surface area (Å²) >= 11 is 5.22. The zero-order valence-electron chi connectivity index (χ0n) is 16.8. The third kappa shape index (κ3) is 18.8. The van der Waals surface area contributed by atoms with Gasteiger partial charge in [-0.15, -0.1) is 11.8 Å². The quantitative estimate of drug-likeness (QED) is 0.139. The molecule has 0 amide bonds. The maximum absolute atomic E-state index is 11.2. The van der Waals surface area contributed by atoms with Crippen molar-refractivity contribution in [2.24, 2.45) is 0 Å². The zero-order chi connectivity index (χ0) is 18.6. The second kappa shape index (κ2) is 20.5. The average Bonchev–Trinajstić information content (AvgIpc) is 2.63. The van der Waals surface area contributed by atoms with Crippen molar-refractivity contribution in [3.63, 3.8) is 0 Å². The van der Waals surface area contributed by atoms with Gasteiger partial charge in [0.1, 0.15) is 5.25 Å². The highest BCUT2D eigenvalue weighted by atomic mass is 32.2. The van der Waals surface area contributed by atoms with Crippen LogP contribution in [0.1, 0.15) is 117 Å². The fourth-order valence-electron chi connectivity index (χ4n) is 3.05. The van der Waals surface area contributed by atoms with Gasteiger partial charge in [0.15, 0.2) is 0 Å². The molecular weight excluding hydrogens is 348 g/mol. The van der Waals surface area contributed by atoms with Crippen LogP contribution in [0.3, 0.4) is 0 Å². The summed E-state index contributed by atoms with van der Waals surface area (Å²) in [4.78, 5) is 11.2. The van der Waals surface area contributed by atoms with Crippen LogP contribution in [0.4, 0.5) is 0 Å². The molecule has 0 bridgehead atoms. The molecule has 0 saturated heterocycles. The van der Waals surface area contributed by atoms with Crippen LogP contribution < -0.4 is 0 Å². The molecule has 0 N–H and O–H groups in total. The molecule has 4 heteroatoms. The second-order valence-electron chi connectivity index (χ2n) is 7.23. The van der Waals surface area contributed by atoms with E-state index in [-0.39, 0.29) is 11.2 Å². The van der Waals surface area contributed by atoms with Gasteiger partial charge in [0.2, 0.25) is 0 Å². The molecule has 0 aromatic heterocycles. The van der Waals surface area contributed by atoms with Gasteiger partial charge in [-0.1, -0.05) is 103 Å². The largest absolute Gasteiger partial charge is 0.394 e. The van der Waals surface area contributed by atoms with Crippen molar-refractivity contribution in [1.29, 1.82) is 0 Å². The van der Waals surface area contributed by atoms with Crippen LogP contribution in [0.5, 0.6) is 0 Å². The Kier molecular flexibility index (Phi) is 20.6. The Morgan fingerprint density at radius 1 is 0.760 bits per heavy atom. The first kappa shape index (κ1) is 25.2. The van der Waals surface area contributed by atoms with Crippen LogP contribution in [0.15, 0.2) is 0 Å². The van der Waals surface area contributed by atoms with Gasteiger partial charge in [0.05, 0.1) is 0 Å². The lowest BCUT2D eigenvalue weighted by Gasteiger charge is -2.07. The first-order valence-electron chi connectivity index (χ1n) is 10.7. The maximum atomic E-state index is 11.2. The minimum Gasteiger partial charge on any atom is -0.394 e. The molecule has 0 fully saturated rings. The molecule has 1 atom stereocenters. The molecule has 0 aromatic rings. The van der Waals surface area contributed by atoms with Crippen LogP contribution in [0, 0.1) is 0 Å². The Bertz CT molecular complexity index is 285. The summed E-state index contributed by atoms with van der Waals surface area (Å²) in [6.07, 6.45) is 22.3. The van der Waals surface area contributed by atoms with E-state index in [0.717, 1.165) is 5.75 Å². The standard InChI is InChI=1S/C21H42O2S2/c1-3-4-5-6-7-8-9-10-11-12-13-14-15-16-17-18-19-25-20(2)21(22)23-24/h20,24H,3-19H2,1-2H3. The van der Waals surface area contributed by atoms with Crippen LogP contribution in [0.2, 0.25) is 0 Å². The van der Waals surface area contributed by atoms with Crippen molar-refractivity contribution >= 4 is 30.6 Å². The van der Waals surface area contributed by atoms with Crippen molar-refractivity contribution in [3.8, 4) is 0 Å². The van der Waals surface area contributed by atoms with Gasteiger partial charge in [-0.25, -0.2) is 4.79 Å². The molecule has 150 valence electrons. The molecule has 0 aliphatic carbocycles. The molecule has 0 spiro atoms. The third-order valence-electron chi connectivity index (χ3n) is 4.79. The average molecular weight is 391 g/mol. The minimum absolute atomic E-state index is 0.0890. The molecule has 0 aromatic carbocycles. The first-order chi connectivity index (χ1) is 12.2. The number of thioether (sulfide) groups is 1. The van der Waals surface area contributed by atoms with Crippen LogP contribution in [-0.4, -0.2) is 17.0 Å². The third-order valence-corrected chi connectivity index (χ3v) is 6.18. The normalized spacial score (nSPS) is 12.3. The predicted molar refractivity (Wildman–Crippen MR) is 117 cm³/mol. The molecule has 0 aliphatic heterocycles. The van der Waals surface area contributed by atoms with E-state index in [1.54, 1.807) is 11.8 Å². The minimum atomic E-state index is -0.232. The fourth-order valence-corrected chi connectivity index (χ4v) is 4.19. The van der Waals surface area contributed by atoms with Gasteiger partial charge >= 0.3 is 5.97 Å². The van der Waals surface area contributed by atoms with Crippen molar-refractivity contribution in [2.45, 2.75) is 122 Å². The fraction of sp³-hybridized carbons (Fsp3) is 0.952. The van der Waals surface area contributed by atoms with Crippen LogP contribution in [-0.2, 0) is 8.98 Å². The molecule has 0 radical (unpaired) electrons. The van der Waals surface area contributed by atoms with Gasteiger partial charge in [-0.2, -0.15) is 0 Å².